The van der Waals surface area contributed by atoms with Gasteiger partial charge in [0.05, 0.1) is 18.3 Å². The minimum absolute atomic E-state index is 0.0382. The number of Topliss-reactive ketones (excluding diaryl/α,β-unsaturated/α-hetero) is 1. The lowest BCUT2D eigenvalue weighted by Crippen LogP contribution is -2.33. The lowest BCUT2D eigenvalue weighted by atomic mass is 9.81. The molecule has 3 aliphatic rings. The highest BCUT2D eigenvalue weighted by Gasteiger charge is 2.47. The standard InChI is InChI=1S/C23H27NO5/c25-20(17-10-9-15-5-1-2-6-16(15)13-17)14-29-21(26)11-12-24-22(27)18-7-3-4-8-19(18)23(24)28/h9-10,13,18-19H,1-8,11-12,14H2/t18-,19+. The van der Waals surface area contributed by atoms with Crippen molar-refractivity contribution >= 4 is 23.6 Å². The number of amides is 2. The molecule has 6 heteroatoms. The molecule has 2 fully saturated rings. The number of carbonyl (C=O) groups is 4. The number of hydrogen-bond acceptors (Lipinski definition) is 5. The maximum absolute atomic E-state index is 12.4. The van der Waals surface area contributed by atoms with Gasteiger partial charge >= 0.3 is 5.97 Å². The third kappa shape index (κ3) is 4.11. The van der Waals surface area contributed by atoms with Crippen LogP contribution in [0.2, 0.25) is 0 Å². The van der Waals surface area contributed by atoms with Crippen LogP contribution in [0.3, 0.4) is 0 Å². The zero-order valence-corrected chi connectivity index (χ0v) is 16.7. The predicted octanol–water partition coefficient (Wildman–Crippen LogP) is 2.86. The summed E-state index contributed by atoms with van der Waals surface area (Å²) < 4.78 is 5.11. The second kappa shape index (κ2) is 8.47. The number of benzene rings is 1. The van der Waals surface area contributed by atoms with E-state index in [1.807, 2.05) is 12.1 Å². The van der Waals surface area contributed by atoms with Crippen molar-refractivity contribution in [3.63, 3.8) is 0 Å². The van der Waals surface area contributed by atoms with Gasteiger partial charge in [-0.3, -0.25) is 24.1 Å². The first kappa shape index (κ1) is 19.8. The van der Waals surface area contributed by atoms with Crippen LogP contribution >= 0.6 is 0 Å². The van der Waals surface area contributed by atoms with Crippen molar-refractivity contribution in [1.29, 1.82) is 0 Å². The molecule has 2 atom stereocenters. The maximum Gasteiger partial charge on any atom is 0.308 e. The molecule has 4 rings (SSSR count). The highest BCUT2D eigenvalue weighted by Crippen LogP contribution is 2.38. The van der Waals surface area contributed by atoms with Gasteiger partial charge in [0, 0.05) is 12.1 Å². The molecule has 0 N–H and O–H groups in total. The Bertz CT molecular complexity index is 822. The van der Waals surface area contributed by atoms with Crippen LogP contribution in [0.25, 0.3) is 0 Å². The minimum atomic E-state index is -0.563. The first-order valence-corrected chi connectivity index (χ1v) is 10.7. The molecule has 1 saturated carbocycles. The Kier molecular flexibility index (Phi) is 5.79. The summed E-state index contributed by atoms with van der Waals surface area (Å²) in [5, 5.41) is 0. The smallest absolute Gasteiger partial charge is 0.308 e. The van der Waals surface area contributed by atoms with Gasteiger partial charge in [-0.05, 0) is 55.7 Å². The molecular formula is C23H27NO5. The summed E-state index contributed by atoms with van der Waals surface area (Å²) in [6, 6.07) is 5.70. The molecule has 6 nitrogen and oxygen atoms in total. The maximum atomic E-state index is 12.4. The van der Waals surface area contributed by atoms with E-state index in [0.29, 0.717) is 5.56 Å². The number of nitrogens with zero attached hydrogens (tertiary/aromatic N) is 1. The number of carbonyl (C=O) groups excluding carboxylic acids is 4. The number of aryl methyl sites for hydroxylation is 2. The quantitative estimate of drug-likeness (QED) is 0.419. The summed E-state index contributed by atoms with van der Waals surface area (Å²) in [5.41, 5.74) is 3.07. The summed E-state index contributed by atoms with van der Waals surface area (Å²) >= 11 is 0. The van der Waals surface area contributed by atoms with Crippen molar-refractivity contribution in [2.45, 2.75) is 57.8 Å². The average molecular weight is 397 g/mol. The number of ether oxygens (including phenoxy) is 1. The van der Waals surface area contributed by atoms with E-state index in [4.69, 9.17) is 4.74 Å². The molecule has 0 radical (unpaired) electrons. The van der Waals surface area contributed by atoms with Crippen molar-refractivity contribution < 1.29 is 23.9 Å². The fraction of sp³-hybridized carbons (Fsp3) is 0.565. The topological polar surface area (TPSA) is 80.8 Å². The van der Waals surface area contributed by atoms with Gasteiger partial charge in [-0.25, -0.2) is 0 Å². The molecule has 2 amide bonds. The van der Waals surface area contributed by atoms with Crippen LogP contribution in [0.5, 0.6) is 0 Å². The van der Waals surface area contributed by atoms with Gasteiger partial charge in [0.1, 0.15) is 0 Å². The van der Waals surface area contributed by atoms with E-state index in [-0.39, 0.29) is 49.0 Å². The third-order valence-electron chi connectivity index (χ3n) is 6.51. The van der Waals surface area contributed by atoms with Gasteiger partial charge in [-0.2, -0.15) is 0 Å². The molecule has 29 heavy (non-hydrogen) atoms. The molecule has 154 valence electrons. The molecule has 0 bridgehead atoms. The monoisotopic (exact) mass is 397 g/mol. The highest BCUT2D eigenvalue weighted by molar-refractivity contribution is 6.05. The van der Waals surface area contributed by atoms with Gasteiger partial charge in [0.25, 0.3) is 0 Å². The van der Waals surface area contributed by atoms with Crippen molar-refractivity contribution in [2.75, 3.05) is 13.2 Å². The van der Waals surface area contributed by atoms with E-state index in [0.717, 1.165) is 44.9 Å². The van der Waals surface area contributed by atoms with Crippen LogP contribution in [0.4, 0.5) is 0 Å². The van der Waals surface area contributed by atoms with Crippen LogP contribution < -0.4 is 0 Å². The lowest BCUT2D eigenvalue weighted by Gasteiger charge is -2.19. The van der Waals surface area contributed by atoms with Crippen molar-refractivity contribution in [1.82, 2.24) is 4.90 Å². The number of rotatable bonds is 6. The van der Waals surface area contributed by atoms with Gasteiger partial charge in [-0.15, -0.1) is 0 Å². The van der Waals surface area contributed by atoms with Crippen molar-refractivity contribution in [3.8, 4) is 0 Å². The summed E-state index contributed by atoms with van der Waals surface area (Å²) in [6.45, 7) is -0.276. The number of ketones is 1. The summed E-state index contributed by atoms with van der Waals surface area (Å²) in [7, 11) is 0. The second-order valence-corrected chi connectivity index (χ2v) is 8.35. The molecule has 1 aromatic carbocycles. The Hall–Kier alpha value is -2.50. The number of hydrogen-bond donors (Lipinski definition) is 0. The molecular weight excluding hydrogens is 370 g/mol. The number of imide groups is 1. The van der Waals surface area contributed by atoms with Crippen LogP contribution in [0, 0.1) is 11.8 Å². The molecule has 1 aliphatic heterocycles. The van der Waals surface area contributed by atoms with E-state index >= 15 is 0 Å². The molecule has 1 saturated heterocycles. The number of likely N-dealkylation sites (tertiary alicyclic amines) is 1. The fourth-order valence-corrected chi connectivity index (χ4v) is 4.86. The van der Waals surface area contributed by atoms with Crippen LogP contribution in [0.1, 0.15) is 66.4 Å². The zero-order chi connectivity index (χ0) is 20.4. The van der Waals surface area contributed by atoms with E-state index in [9.17, 15) is 19.2 Å². The second-order valence-electron chi connectivity index (χ2n) is 8.35. The first-order chi connectivity index (χ1) is 14.0. The van der Waals surface area contributed by atoms with Crippen molar-refractivity contribution in [3.05, 3.63) is 34.9 Å². The number of fused-ring (bicyclic) bond motifs is 2. The molecule has 0 spiro atoms. The van der Waals surface area contributed by atoms with E-state index < -0.39 is 5.97 Å². The van der Waals surface area contributed by atoms with Gasteiger partial charge in [0.15, 0.2) is 12.4 Å². The summed E-state index contributed by atoms with van der Waals surface area (Å²) in [5.74, 6) is -1.52. The Morgan fingerprint density at radius 1 is 0.931 bits per heavy atom. The molecule has 0 aromatic heterocycles. The molecule has 2 aliphatic carbocycles. The van der Waals surface area contributed by atoms with Crippen LogP contribution in [-0.2, 0) is 32.0 Å². The Balaban J connectivity index is 1.26. The fourth-order valence-electron chi connectivity index (χ4n) is 4.86. The minimum Gasteiger partial charge on any atom is -0.457 e. The summed E-state index contributed by atoms with van der Waals surface area (Å²) in [6.07, 6.45) is 7.73. The van der Waals surface area contributed by atoms with Crippen LogP contribution in [-0.4, -0.2) is 41.6 Å². The molecule has 0 unspecified atom stereocenters. The Morgan fingerprint density at radius 3 is 2.28 bits per heavy atom. The number of esters is 1. The SMILES string of the molecule is O=C(CCN1C(=O)[C@H]2CCCC[C@H]2C1=O)OCC(=O)c1ccc2c(c1)CCCC2. The molecule has 1 aromatic rings. The third-order valence-corrected chi connectivity index (χ3v) is 6.51. The van der Waals surface area contributed by atoms with Crippen LogP contribution in [0.15, 0.2) is 18.2 Å². The van der Waals surface area contributed by atoms with Crippen molar-refractivity contribution in [2.24, 2.45) is 11.8 Å². The highest BCUT2D eigenvalue weighted by atomic mass is 16.5. The normalized spacial score (nSPS) is 23.5. The molecule has 1 heterocycles. The predicted molar refractivity (Wildman–Crippen MR) is 105 cm³/mol. The van der Waals surface area contributed by atoms with E-state index in [2.05, 4.69) is 0 Å². The first-order valence-electron chi connectivity index (χ1n) is 10.7. The largest absolute Gasteiger partial charge is 0.457 e. The Morgan fingerprint density at radius 2 is 1.59 bits per heavy atom. The van der Waals surface area contributed by atoms with E-state index in [1.165, 1.54) is 22.4 Å². The average Bonchev–Trinajstić information content (AvgIpc) is 3.00. The Labute approximate surface area is 170 Å². The summed E-state index contributed by atoms with van der Waals surface area (Å²) in [4.78, 5) is 50.5. The lowest BCUT2D eigenvalue weighted by molar-refractivity contribution is -0.145. The van der Waals surface area contributed by atoms with E-state index in [1.54, 1.807) is 6.07 Å². The van der Waals surface area contributed by atoms with Gasteiger partial charge in [-0.1, -0.05) is 25.0 Å². The zero-order valence-electron chi connectivity index (χ0n) is 16.7. The van der Waals surface area contributed by atoms with Gasteiger partial charge < -0.3 is 4.74 Å². The van der Waals surface area contributed by atoms with Gasteiger partial charge in [0.2, 0.25) is 11.8 Å².